The van der Waals surface area contributed by atoms with Crippen molar-refractivity contribution >= 4 is 40.4 Å². The average Bonchev–Trinajstić information content (AvgIpc) is 2.76. The van der Waals surface area contributed by atoms with Crippen molar-refractivity contribution in [2.75, 3.05) is 12.9 Å². The van der Waals surface area contributed by atoms with Gasteiger partial charge >= 0.3 is 12.1 Å². The van der Waals surface area contributed by atoms with E-state index in [4.69, 9.17) is 21.7 Å². The monoisotopic (exact) mass is 460 g/mol. The summed E-state index contributed by atoms with van der Waals surface area (Å²) in [4.78, 5) is 24.2. The third kappa shape index (κ3) is 8.98. The van der Waals surface area contributed by atoms with E-state index in [1.807, 2.05) is 60.7 Å². The summed E-state index contributed by atoms with van der Waals surface area (Å²) in [6.07, 6.45) is 0.135. The first-order chi connectivity index (χ1) is 14.8. The maximum atomic E-state index is 12.4. The largest absolute Gasteiger partial charge is 0.467 e. The number of hydrogen-bond donors (Lipinski definition) is 2. The molecule has 0 heterocycles. The van der Waals surface area contributed by atoms with Crippen LogP contribution in [0.25, 0.3) is 0 Å². The van der Waals surface area contributed by atoms with E-state index in [1.165, 1.54) is 18.9 Å². The summed E-state index contributed by atoms with van der Waals surface area (Å²) >= 11 is 6.74. The summed E-state index contributed by atoms with van der Waals surface area (Å²) in [5.41, 5.74) is 1.07. The molecule has 1 atom stereocenters. The number of methoxy groups -OCH3 is 1. The van der Waals surface area contributed by atoms with E-state index in [2.05, 4.69) is 10.6 Å². The highest BCUT2D eigenvalue weighted by atomic mass is 32.2. The second-order valence-electron chi connectivity index (χ2n) is 7.43. The quantitative estimate of drug-likeness (QED) is 0.431. The van der Waals surface area contributed by atoms with Gasteiger partial charge in [-0.25, -0.2) is 9.59 Å². The number of carbonyl (C=O) groups is 2. The van der Waals surface area contributed by atoms with Gasteiger partial charge in [-0.05, 0) is 31.4 Å². The second kappa shape index (κ2) is 12.3. The van der Waals surface area contributed by atoms with Crippen LogP contribution in [0.15, 0.2) is 60.7 Å². The lowest BCUT2D eigenvalue weighted by Crippen LogP contribution is -2.49. The van der Waals surface area contributed by atoms with Crippen molar-refractivity contribution in [3.05, 3.63) is 71.8 Å². The van der Waals surface area contributed by atoms with Gasteiger partial charge < -0.3 is 20.1 Å². The van der Waals surface area contributed by atoms with E-state index >= 15 is 0 Å². The summed E-state index contributed by atoms with van der Waals surface area (Å²) in [6, 6.07) is 19.2. The molecule has 2 aromatic rings. The number of thioether (sulfide) groups is 1. The normalized spacial score (nSPS) is 11.8. The Kier molecular flexibility index (Phi) is 9.81. The molecule has 0 aliphatic rings. The zero-order valence-corrected chi connectivity index (χ0v) is 19.6. The lowest BCUT2D eigenvalue weighted by molar-refractivity contribution is -0.146. The van der Waals surface area contributed by atoms with E-state index in [9.17, 15) is 9.59 Å². The number of alkyl carbamates (subject to hydrolysis) is 1. The van der Waals surface area contributed by atoms with Crippen LogP contribution in [-0.2, 0) is 27.3 Å². The number of nitrogens with one attached hydrogen (secondary N) is 2. The smallest absolute Gasteiger partial charge is 0.407 e. The van der Waals surface area contributed by atoms with Gasteiger partial charge in [-0.3, -0.25) is 0 Å². The van der Waals surface area contributed by atoms with Crippen LogP contribution < -0.4 is 10.6 Å². The van der Waals surface area contributed by atoms with Gasteiger partial charge in [0.25, 0.3) is 0 Å². The van der Waals surface area contributed by atoms with Crippen molar-refractivity contribution in [1.29, 1.82) is 0 Å². The molecule has 31 heavy (non-hydrogen) atoms. The third-order valence-corrected chi connectivity index (χ3v) is 5.77. The predicted octanol–water partition coefficient (Wildman–Crippen LogP) is 4.08. The van der Waals surface area contributed by atoms with Gasteiger partial charge in [-0.15, -0.1) is 0 Å². The fourth-order valence-electron chi connectivity index (χ4n) is 2.76. The predicted molar refractivity (Wildman–Crippen MR) is 128 cm³/mol. The molecule has 0 bridgehead atoms. The first kappa shape index (κ1) is 24.7. The summed E-state index contributed by atoms with van der Waals surface area (Å²) in [5.74, 6) is 0.109. The highest BCUT2D eigenvalue weighted by Gasteiger charge is 2.29. The van der Waals surface area contributed by atoms with Gasteiger partial charge in [0.2, 0.25) is 0 Å². The summed E-state index contributed by atoms with van der Waals surface area (Å²) in [5, 5.41) is 5.93. The summed E-state index contributed by atoms with van der Waals surface area (Å²) in [6.45, 7) is 3.60. The van der Waals surface area contributed by atoms with Crippen LogP contribution >= 0.6 is 24.0 Å². The SMILES string of the molecule is COC(=O)C(C)(C)NC(=S)SC[C@H](Cc1ccccc1)NC(=O)OCc1ccccc1. The number of carbonyl (C=O) groups excluding carboxylic acids is 2. The van der Waals surface area contributed by atoms with Gasteiger partial charge in [0.1, 0.15) is 16.5 Å². The van der Waals surface area contributed by atoms with Gasteiger partial charge in [0, 0.05) is 11.8 Å². The highest BCUT2D eigenvalue weighted by molar-refractivity contribution is 8.23. The van der Waals surface area contributed by atoms with Gasteiger partial charge in [0.05, 0.1) is 7.11 Å². The van der Waals surface area contributed by atoms with Gasteiger partial charge in [-0.2, -0.15) is 0 Å². The molecule has 0 unspecified atom stereocenters. The summed E-state index contributed by atoms with van der Waals surface area (Å²) in [7, 11) is 1.34. The number of esters is 1. The van der Waals surface area contributed by atoms with Crippen LogP contribution in [0, 0.1) is 0 Å². The molecular formula is C23H28N2O4S2. The number of thiocarbonyl (C=S) groups is 1. The fourth-order valence-corrected chi connectivity index (χ4v) is 4.10. The van der Waals surface area contributed by atoms with E-state index in [0.29, 0.717) is 16.5 Å². The number of amides is 1. The minimum Gasteiger partial charge on any atom is -0.467 e. The molecule has 0 aliphatic carbocycles. The highest BCUT2D eigenvalue weighted by Crippen LogP contribution is 2.14. The van der Waals surface area contributed by atoms with Crippen LogP contribution in [-0.4, -0.2) is 40.8 Å². The Morgan fingerprint density at radius 2 is 1.61 bits per heavy atom. The zero-order chi connectivity index (χ0) is 22.7. The van der Waals surface area contributed by atoms with Gasteiger partial charge in [0.15, 0.2) is 0 Å². The van der Waals surface area contributed by atoms with Crippen molar-refractivity contribution in [3.63, 3.8) is 0 Å². The molecular weight excluding hydrogens is 432 g/mol. The van der Waals surface area contributed by atoms with Gasteiger partial charge in [-0.1, -0.05) is 84.6 Å². The molecule has 0 spiro atoms. The standard InChI is InChI=1S/C23H28N2O4S2/c1-23(2,20(26)28-3)25-22(30)31-16-19(14-17-10-6-4-7-11-17)24-21(27)29-15-18-12-8-5-9-13-18/h4-13,19H,14-16H2,1-3H3,(H,24,27)(H,25,30)/t19-/m0/s1. The molecule has 2 rings (SSSR count). The Hall–Kier alpha value is -2.58. The van der Waals surface area contributed by atoms with Crippen molar-refractivity contribution in [1.82, 2.24) is 10.6 Å². The van der Waals surface area contributed by atoms with Crippen LogP contribution in [0.4, 0.5) is 4.79 Å². The van der Waals surface area contributed by atoms with E-state index in [1.54, 1.807) is 13.8 Å². The molecule has 2 aromatic carbocycles. The Morgan fingerprint density at radius 1 is 1.03 bits per heavy atom. The van der Waals surface area contributed by atoms with E-state index < -0.39 is 17.6 Å². The van der Waals surface area contributed by atoms with Crippen LogP contribution in [0.2, 0.25) is 0 Å². The zero-order valence-electron chi connectivity index (χ0n) is 17.9. The molecule has 0 fully saturated rings. The minimum atomic E-state index is -0.935. The van der Waals surface area contributed by atoms with E-state index in [-0.39, 0.29) is 12.6 Å². The molecule has 2 N–H and O–H groups in total. The average molecular weight is 461 g/mol. The Morgan fingerprint density at radius 3 is 2.19 bits per heavy atom. The topological polar surface area (TPSA) is 76.7 Å². The number of hydrogen-bond acceptors (Lipinski definition) is 6. The third-order valence-electron chi connectivity index (χ3n) is 4.39. The Labute approximate surface area is 193 Å². The molecule has 6 nitrogen and oxygen atoms in total. The number of benzene rings is 2. The van der Waals surface area contributed by atoms with Crippen molar-refractivity contribution < 1.29 is 19.1 Å². The molecule has 0 aliphatic heterocycles. The summed E-state index contributed by atoms with van der Waals surface area (Å²) < 4.78 is 10.6. The van der Waals surface area contributed by atoms with Crippen LogP contribution in [0.1, 0.15) is 25.0 Å². The molecule has 166 valence electrons. The van der Waals surface area contributed by atoms with Crippen LogP contribution in [0.3, 0.4) is 0 Å². The van der Waals surface area contributed by atoms with Crippen molar-refractivity contribution in [3.8, 4) is 0 Å². The van der Waals surface area contributed by atoms with Crippen molar-refractivity contribution in [2.45, 2.75) is 38.5 Å². The maximum Gasteiger partial charge on any atom is 0.407 e. The molecule has 8 heteroatoms. The number of ether oxygens (including phenoxy) is 2. The lowest BCUT2D eigenvalue weighted by atomic mass is 10.1. The second-order valence-corrected chi connectivity index (χ2v) is 9.13. The Bertz CT molecular complexity index is 860. The molecule has 1 amide bonds. The molecule has 0 radical (unpaired) electrons. The molecule has 0 saturated heterocycles. The number of rotatable bonds is 9. The Balaban J connectivity index is 1.93. The molecule has 0 aromatic heterocycles. The lowest BCUT2D eigenvalue weighted by Gasteiger charge is -2.25. The first-order valence-corrected chi connectivity index (χ1v) is 11.2. The fraction of sp³-hybridized carbons (Fsp3) is 0.348. The molecule has 0 saturated carbocycles. The van der Waals surface area contributed by atoms with Crippen molar-refractivity contribution in [2.24, 2.45) is 0 Å². The minimum absolute atomic E-state index is 0.200. The van der Waals surface area contributed by atoms with Crippen LogP contribution in [0.5, 0.6) is 0 Å². The van der Waals surface area contributed by atoms with E-state index in [0.717, 1.165) is 11.1 Å². The first-order valence-electron chi connectivity index (χ1n) is 9.84. The maximum absolute atomic E-state index is 12.4.